The molecule has 3 aliphatic heterocycles. The Morgan fingerprint density at radius 2 is 1.11 bits per heavy atom. The van der Waals surface area contributed by atoms with Gasteiger partial charge in [-0.05, 0) is 148 Å². The lowest BCUT2D eigenvalue weighted by Gasteiger charge is -2.53. The van der Waals surface area contributed by atoms with Crippen molar-refractivity contribution in [2.45, 2.75) is 117 Å². The smallest absolute Gasteiger partial charge is 0.252 e. The molecule has 0 N–H and O–H groups in total. The van der Waals surface area contributed by atoms with Crippen molar-refractivity contribution in [1.82, 2.24) is 0 Å². The van der Waals surface area contributed by atoms with Gasteiger partial charge in [-0.15, -0.1) is 0 Å². The van der Waals surface area contributed by atoms with Gasteiger partial charge in [0.1, 0.15) is 0 Å². The third kappa shape index (κ3) is 5.93. The highest BCUT2D eigenvalue weighted by atomic mass is 15.3. The van der Waals surface area contributed by atoms with E-state index in [0.717, 1.165) is 17.8 Å². The summed E-state index contributed by atoms with van der Waals surface area (Å²) in [5, 5.41) is 0. The average Bonchev–Trinajstić information content (AvgIpc) is 3.49. The van der Waals surface area contributed by atoms with Crippen LogP contribution in [0.3, 0.4) is 0 Å². The molecular weight excluding hydrogens is 773 g/mol. The third-order valence-corrected chi connectivity index (χ3v) is 15.9. The first-order valence-electron chi connectivity index (χ1n) is 23.8. The van der Waals surface area contributed by atoms with Gasteiger partial charge in [-0.2, -0.15) is 0 Å². The Balaban J connectivity index is 1.26. The van der Waals surface area contributed by atoms with Gasteiger partial charge >= 0.3 is 0 Å². The normalized spacial score (nSPS) is 19.5. The van der Waals surface area contributed by atoms with Gasteiger partial charge in [-0.25, -0.2) is 0 Å². The van der Waals surface area contributed by atoms with Crippen LogP contribution in [-0.2, 0) is 16.2 Å². The number of fused-ring (bicyclic) bond motifs is 7. The monoisotopic (exact) mass is 836 g/mol. The minimum atomic E-state index is -0.122. The highest BCUT2D eigenvalue weighted by molar-refractivity contribution is 7.00. The van der Waals surface area contributed by atoms with Crippen molar-refractivity contribution in [3.05, 3.63) is 173 Å². The van der Waals surface area contributed by atoms with Crippen LogP contribution in [0.15, 0.2) is 146 Å². The molecule has 2 unspecified atom stereocenters. The van der Waals surface area contributed by atoms with E-state index in [1.165, 1.54) is 109 Å². The molecule has 0 spiro atoms. The summed E-state index contributed by atoms with van der Waals surface area (Å²) in [6.45, 7) is 23.7. The molecule has 320 valence electrons. The highest BCUT2D eigenvalue weighted by Gasteiger charge is 2.61. The first-order chi connectivity index (χ1) is 30.6. The molecule has 7 aromatic rings. The van der Waals surface area contributed by atoms with Crippen LogP contribution in [0.5, 0.6) is 0 Å². The Labute approximate surface area is 382 Å². The molecule has 7 aromatic carbocycles. The van der Waals surface area contributed by atoms with Gasteiger partial charge in [-0.1, -0.05) is 158 Å². The molecule has 11 rings (SSSR count). The topological polar surface area (TPSA) is 9.72 Å². The van der Waals surface area contributed by atoms with Crippen LogP contribution in [0.25, 0.3) is 11.1 Å². The maximum atomic E-state index is 2.88. The molecule has 0 bridgehead atoms. The Hall–Kier alpha value is -6.00. The lowest BCUT2D eigenvalue weighted by Crippen LogP contribution is -2.64. The maximum absolute atomic E-state index is 2.88. The van der Waals surface area contributed by atoms with Crippen LogP contribution in [0, 0.1) is 13.8 Å². The van der Waals surface area contributed by atoms with Crippen molar-refractivity contribution in [1.29, 1.82) is 0 Å². The van der Waals surface area contributed by atoms with Gasteiger partial charge in [0, 0.05) is 45.2 Å². The molecule has 0 saturated heterocycles. The zero-order valence-corrected chi connectivity index (χ0v) is 39.6. The fourth-order valence-electron chi connectivity index (χ4n) is 12.2. The van der Waals surface area contributed by atoms with Crippen molar-refractivity contribution in [3.8, 4) is 11.1 Å². The van der Waals surface area contributed by atoms with Gasteiger partial charge in [-0.3, -0.25) is 0 Å². The largest absolute Gasteiger partial charge is 0.335 e. The standard InChI is InChI=1S/C60H62BN3/c1-39-19-14-15-24-51(39)63-52-37-47(62(45-29-25-43(26-30-45)57(3,4)5)46-31-27-44(28-32-46)58(6,7)8)38-53-54(52)61(49-23-18-20-40(2)55(49)63)50-36-42(41-21-12-11-13-22-41)35-48-56(50)64(53)60(10)34-17-16-33-59(48,60)9/h11-15,18-32,35-38H,16-17,33-34H2,1-10H3. The molecule has 0 aromatic heterocycles. The van der Waals surface area contributed by atoms with E-state index in [4.69, 9.17) is 0 Å². The van der Waals surface area contributed by atoms with Gasteiger partial charge < -0.3 is 14.7 Å². The fourth-order valence-corrected chi connectivity index (χ4v) is 12.2. The lowest BCUT2D eigenvalue weighted by atomic mass is 9.33. The van der Waals surface area contributed by atoms with Gasteiger partial charge in [0.05, 0.1) is 11.2 Å². The molecular formula is C60H62BN3. The summed E-state index contributed by atoms with van der Waals surface area (Å²) >= 11 is 0. The number of aryl methyl sites for hydroxylation is 2. The summed E-state index contributed by atoms with van der Waals surface area (Å²) in [6, 6.07) is 56.2. The summed E-state index contributed by atoms with van der Waals surface area (Å²) in [4.78, 5) is 8.04. The van der Waals surface area contributed by atoms with E-state index in [2.05, 4.69) is 230 Å². The van der Waals surface area contributed by atoms with E-state index in [9.17, 15) is 0 Å². The predicted molar refractivity (Wildman–Crippen MR) is 276 cm³/mol. The Morgan fingerprint density at radius 3 is 1.75 bits per heavy atom. The van der Waals surface area contributed by atoms with Crippen LogP contribution < -0.4 is 31.1 Å². The second-order valence-corrected chi connectivity index (χ2v) is 21.9. The summed E-state index contributed by atoms with van der Waals surface area (Å²) < 4.78 is 0. The molecule has 64 heavy (non-hydrogen) atoms. The molecule has 1 saturated carbocycles. The number of hydrogen-bond donors (Lipinski definition) is 0. The highest BCUT2D eigenvalue weighted by Crippen LogP contribution is 2.63. The lowest BCUT2D eigenvalue weighted by molar-refractivity contribution is 0.195. The number of para-hydroxylation sites is 2. The third-order valence-electron chi connectivity index (χ3n) is 15.9. The summed E-state index contributed by atoms with van der Waals surface area (Å²) in [7, 11) is 0. The second kappa shape index (κ2) is 14.3. The summed E-state index contributed by atoms with van der Waals surface area (Å²) in [5.41, 5.74) is 23.6. The van der Waals surface area contributed by atoms with Crippen LogP contribution in [0.4, 0.5) is 45.5 Å². The number of benzene rings is 7. The van der Waals surface area contributed by atoms with Gasteiger partial charge in [0.15, 0.2) is 0 Å². The van der Waals surface area contributed by atoms with Crippen molar-refractivity contribution in [3.63, 3.8) is 0 Å². The SMILES string of the molecule is Cc1ccccc1N1c2cc(N(c3ccc(C(C)(C)C)cc3)c3ccc(C(C)(C)C)cc3)cc3c2B(c2cccc(C)c21)c1cc(-c2ccccc2)cc2c1N3C1(C)CCCCC21C. The van der Waals surface area contributed by atoms with E-state index in [0.29, 0.717) is 0 Å². The van der Waals surface area contributed by atoms with E-state index in [-0.39, 0.29) is 28.5 Å². The minimum absolute atomic E-state index is 0.0348. The Bertz CT molecular complexity index is 2910. The van der Waals surface area contributed by atoms with Crippen LogP contribution in [0.2, 0.25) is 0 Å². The zero-order valence-electron chi connectivity index (χ0n) is 39.6. The summed E-state index contributed by atoms with van der Waals surface area (Å²) in [6.07, 6.45) is 4.80. The van der Waals surface area contributed by atoms with Crippen molar-refractivity contribution in [2.24, 2.45) is 0 Å². The quantitative estimate of drug-likeness (QED) is 0.160. The number of anilines is 8. The molecule has 2 atom stereocenters. The van der Waals surface area contributed by atoms with Crippen LogP contribution in [0.1, 0.15) is 109 Å². The second-order valence-electron chi connectivity index (χ2n) is 21.9. The van der Waals surface area contributed by atoms with Crippen molar-refractivity contribution < 1.29 is 0 Å². The van der Waals surface area contributed by atoms with Crippen LogP contribution >= 0.6 is 0 Å². The van der Waals surface area contributed by atoms with Crippen molar-refractivity contribution in [2.75, 3.05) is 14.7 Å². The number of hydrogen-bond acceptors (Lipinski definition) is 3. The zero-order chi connectivity index (χ0) is 44.5. The molecule has 0 amide bonds. The molecule has 4 heteroatoms. The van der Waals surface area contributed by atoms with E-state index >= 15 is 0 Å². The number of rotatable bonds is 5. The van der Waals surface area contributed by atoms with E-state index < -0.39 is 0 Å². The first kappa shape index (κ1) is 40.8. The molecule has 1 fully saturated rings. The minimum Gasteiger partial charge on any atom is -0.335 e. The van der Waals surface area contributed by atoms with E-state index in [1.54, 1.807) is 0 Å². The maximum Gasteiger partial charge on any atom is 0.252 e. The first-order valence-corrected chi connectivity index (χ1v) is 23.8. The molecule has 4 aliphatic rings. The van der Waals surface area contributed by atoms with Crippen molar-refractivity contribution >= 4 is 68.6 Å². The molecule has 3 nitrogen and oxygen atoms in total. The Kier molecular flexibility index (Phi) is 9.08. The van der Waals surface area contributed by atoms with Gasteiger partial charge in [0.2, 0.25) is 0 Å². The predicted octanol–water partition coefficient (Wildman–Crippen LogP) is 14.4. The molecule has 3 heterocycles. The van der Waals surface area contributed by atoms with Gasteiger partial charge in [0.25, 0.3) is 6.71 Å². The van der Waals surface area contributed by atoms with E-state index in [1.807, 2.05) is 0 Å². The summed E-state index contributed by atoms with van der Waals surface area (Å²) in [5.74, 6) is 0. The molecule has 0 radical (unpaired) electrons. The number of nitrogens with zero attached hydrogens (tertiary/aromatic N) is 3. The molecule has 1 aliphatic carbocycles. The Morgan fingerprint density at radius 1 is 0.516 bits per heavy atom. The average molecular weight is 836 g/mol. The van der Waals surface area contributed by atoms with Crippen LogP contribution in [-0.4, -0.2) is 12.3 Å². The fraction of sp³-hybridized carbons (Fsp3) is 0.300.